The van der Waals surface area contributed by atoms with Gasteiger partial charge >= 0.3 is 6.18 Å². The fraction of sp³-hybridized carbons (Fsp3) is 0.107. The van der Waals surface area contributed by atoms with Crippen molar-refractivity contribution >= 4 is 16.6 Å². The van der Waals surface area contributed by atoms with Crippen molar-refractivity contribution in [3.63, 3.8) is 0 Å². The maximum absolute atomic E-state index is 14.5. The van der Waals surface area contributed by atoms with Gasteiger partial charge in [-0.05, 0) is 29.3 Å². The standard InChI is InChI=1S/C28H19F4N3O2/c29-24-13-6-14-25(35(36)37)22(24)16-19-9-4-10-20(15-19)27-21-11-5-12-23(28(30,31)32)26(21)33-34(27)17-18-7-2-1-3-8-18/h1-15H,16-17H2. The Hall–Kier alpha value is -4.53. The molecular formula is C28H19F4N3O2. The molecule has 0 amide bonds. The van der Waals surface area contributed by atoms with Gasteiger partial charge in [0.2, 0.25) is 0 Å². The van der Waals surface area contributed by atoms with E-state index in [0.717, 1.165) is 17.7 Å². The molecule has 0 N–H and O–H groups in total. The normalized spacial score (nSPS) is 11.7. The van der Waals surface area contributed by atoms with Crippen LogP contribution in [-0.4, -0.2) is 14.7 Å². The van der Waals surface area contributed by atoms with E-state index in [4.69, 9.17) is 0 Å². The third-order valence-electron chi connectivity index (χ3n) is 6.12. The van der Waals surface area contributed by atoms with Crippen LogP contribution in [0.5, 0.6) is 0 Å². The summed E-state index contributed by atoms with van der Waals surface area (Å²) >= 11 is 0. The molecule has 0 radical (unpaired) electrons. The molecule has 0 spiro atoms. The molecule has 0 aliphatic rings. The van der Waals surface area contributed by atoms with Crippen LogP contribution in [0.4, 0.5) is 23.2 Å². The van der Waals surface area contributed by atoms with Crippen molar-refractivity contribution in [3.8, 4) is 11.3 Å². The minimum absolute atomic E-state index is 0.0601. The van der Waals surface area contributed by atoms with Crippen molar-refractivity contribution in [2.75, 3.05) is 0 Å². The van der Waals surface area contributed by atoms with E-state index < -0.39 is 22.5 Å². The summed E-state index contributed by atoms with van der Waals surface area (Å²) in [4.78, 5) is 10.8. The van der Waals surface area contributed by atoms with Gasteiger partial charge in [0.05, 0.1) is 28.3 Å². The molecule has 37 heavy (non-hydrogen) atoms. The predicted octanol–water partition coefficient (Wildman–Crippen LogP) is 7.41. The van der Waals surface area contributed by atoms with E-state index >= 15 is 0 Å². The summed E-state index contributed by atoms with van der Waals surface area (Å²) in [7, 11) is 0. The van der Waals surface area contributed by atoms with E-state index in [9.17, 15) is 27.7 Å². The second-order valence-corrected chi connectivity index (χ2v) is 8.56. The van der Waals surface area contributed by atoms with Gasteiger partial charge in [0.1, 0.15) is 11.3 Å². The molecule has 0 aliphatic heterocycles. The van der Waals surface area contributed by atoms with Crippen molar-refractivity contribution < 1.29 is 22.5 Å². The monoisotopic (exact) mass is 505 g/mol. The first-order valence-electron chi connectivity index (χ1n) is 11.3. The highest BCUT2D eigenvalue weighted by molar-refractivity contribution is 5.95. The average Bonchev–Trinajstić information content (AvgIpc) is 3.23. The van der Waals surface area contributed by atoms with E-state index in [2.05, 4.69) is 5.10 Å². The number of nitrogens with zero attached hydrogens (tertiary/aromatic N) is 3. The van der Waals surface area contributed by atoms with Crippen LogP contribution in [0.25, 0.3) is 22.2 Å². The summed E-state index contributed by atoms with van der Waals surface area (Å²) in [6, 6.07) is 23.7. The fourth-order valence-corrected chi connectivity index (χ4v) is 4.48. The molecule has 5 rings (SSSR count). The zero-order valence-corrected chi connectivity index (χ0v) is 19.2. The Morgan fingerprint density at radius 1 is 0.865 bits per heavy atom. The van der Waals surface area contributed by atoms with Gasteiger partial charge in [-0.25, -0.2) is 4.39 Å². The van der Waals surface area contributed by atoms with Crippen LogP contribution >= 0.6 is 0 Å². The molecule has 0 fully saturated rings. The van der Waals surface area contributed by atoms with Crippen molar-refractivity contribution in [1.29, 1.82) is 0 Å². The maximum atomic E-state index is 14.5. The number of halogens is 4. The maximum Gasteiger partial charge on any atom is 0.418 e. The Balaban J connectivity index is 1.66. The molecule has 0 aliphatic carbocycles. The third-order valence-corrected chi connectivity index (χ3v) is 6.12. The third kappa shape index (κ3) is 4.80. The van der Waals surface area contributed by atoms with Crippen molar-refractivity contribution in [1.82, 2.24) is 9.78 Å². The lowest BCUT2D eigenvalue weighted by atomic mass is 9.98. The lowest BCUT2D eigenvalue weighted by molar-refractivity contribution is -0.385. The Morgan fingerprint density at radius 2 is 1.57 bits per heavy atom. The Morgan fingerprint density at radius 3 is 2.30 bits per heavy atom. The number of hydrogen-bond acceptors (Lipinski definition) is 3. The van der Waals surface area contributed by atoms with Gasteiger partial charge in [-0.1, -0.05) is 66.7 Å². The van der Waals surface area contributed by atoms with E-state index in [1.54, 1.807) is 30.3 Å². The molecule has 0 saturated heterocycles. The first-order valence-corrected chi connectivity index (χ1v) is 11.3. The Bertz CT molecular complexity index is 1610. The summed E-state index contributed by atoms with van der Waals surface area (Å²) in [6.07, 6.45) is -4.65. The first kappa shape index (κ1) is 24.2. The Labute approximate surface area is 208 Å². The van der Waals surface area contributed by atoms with Gasteiger partial charge in [0.25, 0.3) is 5.69 Å². The molecule has 0 bridgehead atoms. The van der Waals surface area contributed by atoms with Crippen LogP contribution in [0, 0.1) is 15.9 Å². The zero-order chi connectivity index (χ0) is 26.2. The summed E-state index contributed by atoms with van der Waals surface area (Å²) in [6.45, 7) is 0.227. The number of rotatable bonds is 6. The molecule has 0 atom stereocenters. The SMILES string of the molecule is O=[N+]([O-])c1cccc(F)c1Cc1cccc(-c2c3cccc(C(F)(F)F)c3nn2Cc2ccccc2)c1. The van der Waals surface area contributed by atoms with Gasteiger partial charge in [0.15, 0.2) is 0 Å². The fourth-order valence-electron chi connectivity index (χ4n) is 4.48. The van der Waals surface area contributed by atoms with Crippen molar-refractivity contribution in [3.05, 3.63) is 129 Å². The zero-order valence-electron chi connectivity index (χ0n) is 19.2. The lowest BCUT2D eigenvalue weighted by Gasteiger charge is -2.11. The second kappa shape index (κ2) is 9.50. The van der Waals surface area contributed by atoms with Crippen LogP contribution in [0.2, 0.25) is 0 Å². The number of nitro benzene ring substituents is 1. The average molecular weight is 505 g/mol. The molecule has 0 unspecified atom stereocenters. The van der Waals surface area contributed by atoms with E-state index in [1.165, 1.54) is 22.9 Å². The van der Waals surface area contributed by atoms with Gasteiger partial charge in [-0.15, -0.1) is 0 Å². The highest BCUT2D eigenvalue weighted by atomic mass is 19.4. The van der Waals surface area contributed by atoms with Gasteiger partial charge < -0.3 is 0 Å². The highest BCUT2D eigenvalue weighted by Crippen LogP contribution is 2.38. The molecule has 5 nitrogen and oxygen atoms in total. The summed E-state index contributed by atoms with van der Waals surface area (Å²) in [5, 5.41) is 16.1. The van der Waals surface area contributed by atoms with Crippen molar-refractivity contribution in [2.45, 2.75) is 19.1 Å². The number of benzene rings is 4. The van der Waals surface area contributed by atoms with Gasteiger partial charge in [-0.3, -0.25) is 14.8 Å². The van der Waals surface area contributed by atoms with Gasteiger partial charge in [-0.2, -0.15) is 18.3 Å². The lowest BCUT2D eigenvalue weighted by Crippen LogP contribution is -2.06. The summed E-state index contributed by atoms with van der Waals surface area (Å²) in [5.74, 6) is -0.700. The quantitative estimate of drug-likeness (QED) is 0.137. The van der Waals surface area contributed by atoms with Crippen LogP contribution in [0.15, 0.2) is 91.0 Å². The molecule has 5 aromatic rings. The highest BCUT2D eigenvalue weighted by Gasteiger charge is 2.34. The molecule has 1 heterocycles. The van der Waals surface area contributed by atoms with Crippen LogP contribution < -0.4 is 0 Å². The second-order valence-electron chi connectivity index (χ2n) is 8.56. The largest absolute Gasteiger partial charge is 0.418 e. The van der Waals surface area contributed by atoms with Crippen molar-refractivity contribution in [2.24, 2.45) is 0 Å². The topological polar surface area (TPSA) is 61.0 Å². The molecule has 9 heteroatoms. The first-order chi connectivity index (χ1) is 17.7. The van der Waals surface area contributed by atoms with Gasteiger partial charge in [0, 0.05) is 23.4 Å². The number of alkyl halides is 3. The molecule has 0 saturated carbocycles. The molecule has 186 valence electrons. The van der Waals surface area contributed by atoms with E-state index in [0.29, 0.717) is 22.2 Å². The minimum atomic E-state index is -4.59. The number of nitro groups is 1. The molecular weight excluding hydrogens is 486 g/mol. The minimum Gasteiger partial charge on any atom is -0.259 e. The van der Waals surface area contributed by atoms with Crippen LogP contribution in [0.3, 0.4) is 0 Å². The van der Waals surface area contributed by atoms with Crippen LogP contribution in [0.1, 0.15) is 22.3 Å². The summed E-state index contributed by atoms with van der Waals surface area (Å²) in [5.41, 5.74) is 1.05. The predicted molar refractivity (Wildman–Crippen MR) is 132 cm³/mol. The number of fused-ring (bicyclic) bond motifs is 1. The van der Waals surface area contributed by atoms with E-state index in [1.807, 2.05) is 30.3 Å². The number of hydrogen-bond donors (Lipinski definition) is 0. The Kier molecular flexibility index (Phi) is 6.20. The molecule has 1 aromatic heterocycles. The van der Waals surface area contributed by atoms with Crippen LogP contribution in [-0.2, 0) is 19.1 Å². The smallest absolute Gasteiger partial charge is 0.259 e. The summed E-state index contributed by atoms with van der Waals surface area (Å²) < 4.78 is 57.4. The van der Waals surface area contributed by atoms with E-state index in [-0.39, 0.29) is 29.7 Å². The molecule has 4 aromatic carbocycles. The number of aromatic nitrogens is 2.